The fraction of sp³-hybridized carbons (Fsp3) is 0.364. The van der Waals surface area contributed by atoms with Gasteiger partial charge in [0.1, 0.15) is 0 Å². The second-order valence-corrected chi connectivity index (χ2v) is 4.59. The first-order chi connectivity index (χ1) is 7.24. The number of rotatable bonds is 3. The van der Waals surface area contributed by atoms with Crippen LogP contribution in [0.1, 0.15) is 22.1 Å². The summed E-state index contributed by atoms with van der Waals surface area (Å²) in [4.78, 5) is 1.31. The van der Waals surface area contributed by atoms with Crippen molar-refractivity contribution in [1.82, 2.24) is 9.78 Å². The fourth-order valence-corrected chi connectivity index (χ4v) is 2.60. The van der Waals surface area contributed by atoms with Crippen LogP contribution in [0.4, 0.5) is 0 Å². The SMILES string of the molecule is Cc1c(C(CN)c2cccs2)cnn1C. The minimum absolute atomic E-state index is 0.290. The summed E-state index contributed by atoms with van der Waals surface area (Å²) >= 11 is 1.75. The van der Waals surface area contributed by atoms with Crippen molar-refractivity contribution in [2.45, 2.75) is 12.8 Å². The fourth-order valence-electron chi connectivity index (χ4n) is 1.74. The maximum atomic E-state index is 5.84. The minimum Gasteiger partial charge on any atom is -0.329 e. The highest BCUT2D eigenvalue weighted by Gasteiger charge is 2.17. The van der Waals surface area contributed by atoms with Crippen molar-refractivity contribution < 1.29 is 0 Å². The molecule has 0 aliphatic rings. The molecule has 0 aliphatic carbocycles. The van der Waals surface area contributed by atoms with Gasteiger partial charge in [-0.2, -0.15) is 5.10 Å². The van der Waals surface area contributed by atoms with Gasteiger partial charge in [0.2, 0.25) is 0 Å². The van der Waals surface area contributed by atoms with Crippen LogP contribution in [0.25, 0.3) is 0 Å². The van der Waals surface area contributed by atoms with Gasteiger partial charge < -0.3 is 5.73 Å². The molecule has 2 N–H and O–H groups in total. The first-order valence-electron chi connectivity index (χ1n) is 4.96. The summed E-state index contributed by atoms with van der Waals surface area (Å²) in [6, 6.07) is 4.20. The van der Waals surface area contributed by atoms with Gasteiger partial charge in [0, 0.05) is 35.6 Å². The van der Waals surface area contributed by atoms with Gasteiger partial charge in [-0.1, -0.05) is 6.07 Å². The Morgan fingerprint density at radius 3 is 2.87 bits per heavy atom. The number of aryl methyl sites for hydroxylation is 1. The molecule has 4 heteroatoms. The van der Waals surface area contributed by atoms with E-state index in [2.05, 4.69) is 29.5 Å². The zero-order valence-corrected chi connectivity index (χ0v) is 9.79. The molecule has 0 radical (unpaired) electrons. The van der Waals surface area contributed by atoms with Crippen LogP contribution in [0.5, 0.6) is 0 Å². The number of aromatic nitrogens is 2. The predicted molar refractivity (Wildman–Crippen MR) is 63.2 cm³/mol. The van der Waals surface area contributed by atoms with Crippen molar-refractivity contribution in [2.24, 2.45) is 12.8 Å². The molecule has 1 atom stereocenters. The maximum absolute atomic E-state index is 5.84. The second-order valence-electron chi connectivity index (χ2n) is 3.61. The number of nitrogens with zero attached hydrogens (tertiary/aromatic N) is 2. The smallest absolute Gasteiger partial charge is 0.0531 e. The van der Waals surface area contributed by atoms with E-state index in [1.54, 1.807) is 11.3 Å². The summed E-state index contributed by atoms with van der Waals surface area (Å²) < 4.78 is 1.89. The first kappa shape index (κ1) is 10.4. The summed E-state index contributed by atoms with van der Waals surface area (Å²) in [6.07, 6.45) is 1.92. The van der Waals surface area contributed by atoms with Crippen molar-refractivity contribution in [2.75, 3.05) is 6.54 Å². The van der Waals surface area contributed by atoms with Gasteiger partial charge >= 0.3 is 0 Å². The molecule has 0 fully saturated rings. The molecule has 2 rings (SSSR count). The topological polar surface area (TPSA) is 43.8 Å². The minimum atomic E-state index is 0.290. The van der Waals surface area contributed by atoms with Crippen molar-refractivity contribution in [3.8, 4) is 0 Å². The Labute approximate surface area is 93.5 Å². The largest absolute Gasteiger partial charge is 0.329 e. The zero-order chi connectivity index (χ0) is 10.8. The molecule has 0 bridgehead atoms. The van der Waals surface area contributed by atoms with Gasteiger partial charge in [0.15, 0.2) is 0 Å². The molecule has 0 aliphatic heterocycles. The Morgan fingerprint density at radius 1 is 1.60 bits per heavy atom. The van der Waals surface area contributed by atoms with Crippen LogP contribution in [-0.4, -0.2) is 16.3 Å². The van der Waals surface area contributed by atoms with E-state index < -0.39 is 0 Å². The van der Waals surface area contributed by atoms with E-state index in [9.17, 15) is 0 Å². The Bertz CT molecular complexity index is 431. The van der Waals surface area contributed by atoms with Gasteiger partial charge in [0.05, 0.1) is 6.20 Å². The normalized spacial score (nSPS) is 13.0. The summed E-state index contributed by atoms with van der Waals surface area (Å²) in [5, 5.41) is 6.35. The third kappa shape index (κ3) is 1.82. The van der Waals surface area contributed by atoms with Crippen LogP contribution >= 0.6 is 11.3 Å². The quantitative estimate of drug-likeness (QED) is 0.860. The standard InChI is InChI=1S/C11H15N3S/c1-8-10(7-13-14(8)2)9(6-12)11-4-3-5-15-11/h3-5,7,9H,6,12H2,1-2H3. The Hall–Kier alpha value is -1.13. The van der Waals surface area contributed by atoms with Gasteiger partial charge in [-0.05, 0) is 18.4 Å². The van der Waals surface area contributed by atoms with Crippen LogP contribution in [0.2, 0.25) is 0 Å². The molecule has 0 aromatic carbocycles. The molecule has 15 heavy (non-hydrogen) atoms. The molecule has 2 aromatic rings. The molecule has 1 unspecified atom stereocenters. The molecule has 3 nitrogen and oxygen atoms in total. The van der Waals surface area contributed by atoms with E-state index in [4.69, 9.17) is 5.73 Å². The van der Waals surface area contributed by atoms with E-state index in [-0.39, 0.29) is 0 Å². The summed E-state index contributed by atoms with van der Waals surface area (Å²) in [6.45, 7) is 2.71. The first-order valence-corrected chi connectivity index (χ1v) is 5.84. The third-order valence-corrected chi connectivity index (χ3v) is 3.76. The van der Waals surface area contributed by atoms with Crippen molar-refractivity contribution in [3.63, 3.8) is 0 Å². The average molecular weight is 221 g/mol. The highest BCUT2D eigenvalue weighted by molar-refractivity contribution is 7.10. The van der Waals surface area contributed by atoms with Crippen LogP contribution < -0.4 is 5.73 Å². The lowest BCUT2D eigenvalue weighted by atomic mass is 9.98. The molecule has 0 saturated heterocycles. The molecule has 0 amide bonds. The number of hydrogen-bond donors (Lipinski definition) is 1. The lowest BCUT2D eigenvalue weighted by Gasteiger charge is -2.12. The summed E-state index contributed by atoms with van der Waals surface area (Å²) in [7, 11) is 1.96. The molecular weight excluding hydrogens is 206 g/mol. The zero-order valence-electron chi connectivity index (χ0n) is 8.97. The van der Waals surface area contributed by atoms with Crippen molar-refractivity contribution in [1.29, 1.82) is 0 Å². The van der Waals surface area contributed by atoms with Gasteiger partial charge in [-0.15, -0.1) is 11.3 Å². The van der Waals surface area contributed by atoms with E-state index in [1.165, 1.54) is 16.1 Å². The van der Waals surface area contributed by atoms with Crippen LogP contribution in [0, 0.1) is 6.92 Å². The van der Waals surface area contributed by atoms with E-state index in [0.29, 0.717) is 12.5 Å². The summed E-state index contributed by atoms with van der Waals surface area (Å²) in [5.41, 5.74) is 8.28. The monoisotopic (exact) mass is 221 g/mol. The molecule has 2 aromatic heterocycles. The molecular formula is C11H15N3S. The Morgan fingerprint density at radius 2 is 2.40 bits per heavy atom. The number of thiophene rings is 1. The van der Waals surface area contributed by atoms with E-state index in [1.807, 2.05) is 17.9 Å². The van der Waals surface area contributed by atoms with Crippen LogP contribution in [0.3, 0.4) is 0 Å². The molecule has 80 valence electrons. The van der Waals surface area contributed by atoms with Crippen LogP contribution in [-0.2, 0) is 7.05 Å². The second kappa shape index (κ2) is 4.16. The van der Waals surface area contributed by atoms with Crippen molar-refractivity contribution >= 4 is 11.3 Å². The van der Waals surface area contributed by atoms with Gasteiger partial charge in [-0.25, -0.2) is 0 Å². The molecule has 0 saturated carbocycles. The average Bonchev–Trinajstić information content (AvgIpc) is 2.84. The van der Waals surface area contributed by atoms with E-state index in [0.717, 1.165) is 0 Å². The van der Waals surface area contributed by atoms with Gasteiger partial charge in [0.25, 0.3) is 0 Å². The lowest BCUT2D eigenvalue weighted by Crippen LogP contribution is -2.13. The molecule has 0 spiro atoms. The number of nitrogens with two attached hydrogens (primary N) is 1. The van der Waals surface area contributed by atoms with Crippen molar-refractivity contribution in [3.05, 3.63) is 39.8 Å². The summed E-state index contributed by atoms with van der Waals surface area (Å²) in [5.74, 6) is 0.290. The Balaban J connectivity index is 2.40. The molecule has 2 heterocycles. The Kier molecular flexibility index (Phi) is 2.88. The van der Waals surface area contributed by atoms with E-state index >= 15 is 0 Å². The van der Waals surface area contributed by atoms with Crippen LogP contribution in [0.15, 0.2) is 23.7 Å². The maximum Gasteiger partial charge on any atom is 0.0531 e. The third-order valence-electron chi connectivity index (χ3n) is 2.77. The highest BCUT2D eigenvalue weighted by atomic mass is 32.1. The lowest BCUT2D eigenvalue weighted by molar-refractivity contribution is 0.733. The number of hydrogen-bond acceptors (Lipinski definition) is 3. The predicted octanol–water partition coefficient (Wildman–Crippen LogP) is 1.88. The van der Waals surface area contributed by atoms with Gasteiger partial charge in [-0.3, -0.25) is 4.68 Å². The highest BCUT2D eigenvalue weighted by Crippen LogP contribution is 2.28.